The van der Waals surface area contributed by atoms with Crippen LogP contribution in [0.15, 0.2) is 48.5 Å². The van der Waals surface area contributed by atoms with Crippen LogP contribution in [0.4, 0.5) is 18.9 Å². The van der Waals surface area contributed by atoms with Crippen LogP contribution in [0, 0.1) is 6.07 Å². The lowest BCUT2D eigenvalue weighted by Gasteiger charge is -2.33. The number of anilines is 1. The summed E-state index contributed by atoms with van der Waals surface area (Å²) in [5.41, 5.74) is -0.242. The van der Waals surface area contributed by atoms with Crippen molar-refractivity contribution < 1.29 is 18.0 Å². The van der Waals surface area contributed by atoms with Crippen molar-refractivity contribution in [2.75, 3.05) is 4.90 Å². The average molecular weight is 339 g/mol. The lowest BCUT2D eigenvalue weighted by molar-refractivity contribution is -0.171. The SMILES string of the molecule is O=C(N(c1[c]cccc1)C1(c2ccc(Cl)cc2)CC1)C(F)(F)F. The molecule has 1 amide bonds. The molecule has 0 N–H and O–H groups in total. The summed E-state index contributed by atoms with van der Waals surface area (Å²) in [6.07, 6.45) is -4.04. The molecule has 2 nitrogen and oxygen atoms in total. The highest BCUT2D eigenvalue weighted by molar-refractivity contribution is 6.30. The quantitative estimate of drug-likeness (QED) is 0.792. The van der Waals surface area contributed by atoms with Gasteiger partial charge in [0.25, 0.3) is 0 Å². The molecule has 1 aliphatic rings. The van der Waals surface area contributed by atoms with Gasteiger partial charge >= 0.3 is 12.1 Å². The van der Waals surface area contributed by atoms with Gasteiger partial charge in [-0.05, 0) is 36.6 Å². The van der Waals surface area contributed by atoms with Crippen LogP contribution in [0.3, 0.4) is 0 Å². The van der Waals surface area contributed by atoms with E-state index in [1.54, 1.807) is 36.4 Å². The Morgan fingerprint density at radius 2 is 1.78 bits per heavy atom. The number of benzene rings is 2. The van der Waals surface area contributed by atoms with E-state index in [1.165, 1.54) is 12.1 Å². The molecule has 119 valence electrons. The molecular formula is C17H12ClF3NO. The van der Waals surface area contributed by atoms with Gasteiger partial charge in [0.15, 0.2) is 0 Å². The Hall–Kier alpha value is -2.01. The fraction of sp³-hybridized carbons (Fsp3) is 0.235. The highest BCUT2D eigenvalue weighted by Crippen LogP contribution is 2.53. The van der Waals surface area contributed by atoms with Gasteiger partial charge in [0.2, 0.25) is 0 Å². The van der Waals surface area contributed by atoms with Crippen molar-refractivity contribution in [2.24, 2.45) is 0 Å². The molecule has 3 rings (SSSR count). The van der Waals surface area contributed by atoms with Crippen molar-refractivity contribution in [1.82, 2.24) is 0 Å². The second-order valence-electron chi connectivity index (χ2n) is 5.42. The smallest absolute Gasteiger partial charge is 0.294 e. The summed E-state index contributed by atoms with van der Waals surface area (Å²) >= 11 is 5.85. The van der Waals surface area contributed by atoms with Gasteiger partial charge in [0.05, 0.1) is 11.2 Å². The number of hydrogen-bond donors (Lipinski definition) is 0. The number of carbonyl (C=O) groups is 1. The third kappa shape index (κ3) is 2.93. The van der Waals surface area contributed by atoms with E-state index in [0.717, 1.165) is 4.90 Å². The predicted octanol–water partition coefficient (Wildman–Crippen LogP) is 4.72. The predicted molar refractivity (Wildman–Crippen MR) is 81.2 cm³/mol. The van der Waals surface area contributed by atoms with Gasteiger partial charge in [0, 0.05) is 11.1 Å². The highest BCUT2D eigenvalue weighted by Gasteiger charge is 2.57. The van der Waals surface area contributed by atoms with Gasteiger partial charge in [0.1, 0.15) is 0 Å². The largest absolute Gasteiger partial charge is 0.471 e. The first-order chi connectivity index (χ1) is 10.8. The van der Waals surface area contributed by atoms with Gasteiger partial charge in [-0.2, -0.15) is 13.2 Å². The Balaban J connectivity index is 2.09. The maximum absolute atomic E-state index is 13.1. The fourth-order valence-corrected chi connectivity index (χ4v) is 2.83. The molecule has 0 bridgehead atoms. The van der Waals surface area contributed by atoms with E-state index in [4.69, 9.17) is 11.6 Å². The first-order valence-electron chi connectivity index (χ1n) is 6.99. The Morgan fingerprint density at radius 1 is 1.13 bits per heavy atom. The van der Waals surface area contributed by atoms with Crippen LogP contribution in [0.25, 0.3) is 0 Å². The monoisotopic (exact) mass is 338 g/mol. The lowest BCUT2D eigenvalue weighted by atomic mass is 10.0. The normalized spacial score (nSPS) is 16.0. The standard InChI is InChI=1S/C17H12ClF3NO/c18-13-8-6-12(7-9-13)16(10-11-16)22(15(23)17(19,20)21)14-4-2-1-3-5-14/h1-4,6-9H,10-11H2. The molecule has 0 heterocycles. The van der Waals surface area contributed by atoms with Gasteiger partial charge in [-0.25, -0.2) is 0 Å². The minimum atomic E-state index is -4.95. The highest BCUT2D eigenvalue weighted by atomic mass is 35.5. The summed E-state index contributed by atoms with van der Waals surface area (Å²) in [6.45, 7) is 0. The summed E-state index contributed by atoms with van der Waals surface area (Å²) in [5.74, 6) is -1.88. The average Bonchev–Trinajstić information content (AvgIpc) is 3.30. The molecule has 0 aromatic heterocycles. The number of carbonyl (C=O) groups excluding carboxylic acids is 1. The molecule has 6 heteroatoms. The molecular weight excluding hydrogens is 327 g/mol. The van der Waals surface area contributed by atoms with Crippen molar-refractivity contribution in [3.63, 3.8) is 0 Å². The topological polar surface area (TPSA) is 20.3 Å². The lowest BCUT2D eigenvalue weighted by Crippen LogP contribution is -2.47. The van der Waals surface area contributed by atoms with Crippen molar-refractivity contribution in [1.29, 1.82) is 0 Å². The Bertz CT molecular complexity index is 709. The maximum atomic E-state index is 13.1. The third-order valence-electron chi connectivity index (χ3n) is 3.91. The summed E-state index contributed by atoms with van der Waals surface area (Å²) in [6, 6.07) is 15.4. The molecule has 1 radical (unpaired) electrons. The Kier molecular flexibility index (Phi) is 3.84. The molecule has 23 heavy (non-hydrogen) atoms. The van der Waals surface area contributed by atoms with Gasteiger partial charge in [-0.3, -0.25) is 9.69 Å². The van der Waals surface area contributed by atoms with Crippen molar-refractivity contribution in [3.8, 4) is 0 Å². The van der Waals surface area contributed by atoms with E-state index < -0.39 is 17.6 Å². The van der Waals surface area contributed by atoms with E-state index in [9.17, 15) is 18.0 Å². The van der Waals surface area contributed by atoms with Crippen LogP contribution in [0.2, 0.25) is 5.02 Å². The zero-order chi connectivity index (χ0) is 16.7. The number of rotatable bonds is 3. The maximum Gasteiger partial charge on any atom is 0.471 e. The van der Waals surface area contributed by atoms with Crippen LogP contribution in [-0.2, 0) is 10.3 Å². The second kappa shape index (κ2) is 5.57. The Labute approximate surface area is 136 Å². The van der Waals surface area contributed by atoms with Crippen molar-refractivity contribution >= 4 is 23.2 Å². The fourth-order valence-electron chi connectivity index (χ4n) is 2.70. The molecule has 0 spiro atoms. The van der Waals surface area contributed by atoms with Crippen LogP contribution < -0.4 is 4.90 Å². The Morgan fingerprint density at radius 3 is 2.26 bits per heavy atom. The minimum Gasteiger partial charge on any atom is -0.294 e. The van der Waals surface area contributed by atoms with Crippen molar-refractivity contribution in [3.05, 3.63) is 65.2 Å². The zero-order valence-corrected chi connectivity index (χ0v) is 12.7. The first kappa shape index (κ1) is 15.9. The van der Waals surface area contributed by atoms with E-state index in [2.05, 4.69) is 6.07 Å². The molecule has 1 saturated carbocycles. The van der Waals surface area contributed by atoms with E-state index in [-0.39, 0.29) is 5.69 Å². The first-order valence-corrected chi connectivity index (χ1v) is 7.36. The number of nitrogens with zero attached hydrogens (tertiary/aromatic N) is 1. The molecule has 0 saturated heterocycles. The van der Waals surface area contributed by atoms with Crippen LogP contribution in [-0.4, -0.2) is 12.1 Å². The van der Waals surface area contributed by atoms with Gasteiger partial charge in [-0.15, -0.1) is 0 Å². The van der Waals surface area contributed by atoms with Gasteiger partial charge < -0.3 is 0 Å². The van der Waals surface area contributed by atoms with E-state index in [1.807, 2.05) is 0 Å². The van der Waals surface area contributed by atoms with Gasteiger partial charge in [-0.1, -0.05) is 41.9 Å². The number of amides is 1. The molecule has 0 aliphatic heterocycles. The molecule has 1 aliphatic carbocycles. The molecule has 0 atom stereocenters. The summed E-state index contributed by atoms with van der Waals surface area (Å²) in [5, 5.41) is 0.490. The third-order valence-corrected chi connectivity index (χ3v) is 4.16. The van der Waals surface area contributed by atoms with Crippen LogP contribution in [0.5, 0.6) is 0 Å². The van der Waals surface area contributed by atoms with Crippen molar-refractivity contribution in [2.45, 2.75) is 24.6 Å². The van der Waals surface area contributed by atoms with Crippen LogP contribution in [0.1, 0.15) is 18.4 Å². The number of hydrogen-bond acceptors (Lipinski definition) is 1. The molecule has 0 unspecified atom stereocenters. The number of halogens is 4. The molecule has 1 fully saturated rings. The number of para-hydroxylation sites is 1. The summed E-state index contributed by atoms with van der Waals surface area (Å²) < 4.78 is 39.3. The second-order valence-corrected chi connectivity index (χ2v) is 5.86. The molecule has 2 aromatic carbocycles. The zero-order valence-electron chi connectivity index (χ0n) is 11.9. The van der Waals surface area contributed by atoms with E-state index in [0.29, 0.717) is 23.4 Å². The number of alkyl halides is 3. The summed E-state index contributed by atoms with van der Waals surface area (Å²) in [7, 11) is 0. The van der Waals surface area contributed by atoms with E-state index >= 15 is 0 Å². The minimum absolute atomic E-state index is 0.113. The van der Waals surface area contributed by atoms with Crippen LogP contribution >= 0.6 is 11.6 Å². The molecule has 2 aromatic rings. The summed E-state index contributed by atoms with van der Waals surface area (Å²) in [4.78, 5) is 12.9.